The summed E-state index contributed by atoms with van der Waals surface area (Å²) >= 11 is 6.01. The van der Waals surface area contributed by atoms with Gasteiger partial charge in [-0.25, -0.2) is 0 Å². The fraction of sp³-hybridized carbons (Fsp3) is 0.462. The standard InChI is InChI=1S/C13H18ClNO3/c1-13(2,7-16)9-3-8(4-10(14)5-9)11(15)6-12(17)18/h3-5,11,16H,6-7,15H2,1-2H3,(H,17,18). The molecule has 1 atom stereocenters. The van der Waals surface area contributed by atoms with Crippen molar-refractivity contribution in [3.63, 3.8) is 0 Å². The minimum Gasteiger partial charge on any atom is -0.481 e. The Bertz CT molecular complexity index is 446. The minimum absolute atomic E-state index is 0.0268. The van der Waals surface area contributed by atoms with E-state index in [1.807, 2.05) is 13.8 Å². The van der Waals surface area contributed by atoms with Gasteiger partial charge in [-0.3, -0.25) is 4.79 Å². The van der Waals surface area contributed by atoms with Crippen LogP contribution in [0.15, 0.2) is 18.2 Å². The van der Waals surface area contributed by atoms with E-state index in [1.165, 1.54) is 0 Å². The summed E-state index contributed by atoms with van der Waals surface area (Å²) in [5.41, 5.74) is 6.88. The highest BCUT2D eigenvalue weighted by atomic mass is 35.5. The third-order valence-electron chi connectivity index (χ3n) is 2.92. The number of aliphatic hydroxyl groups excluding tert-OH is 1. The van der Waals surface area contributed by atoms with Crippen molar-refractivity contribution in [2.45, 2.75) is 31.7 Å². The van der Waals surface area contributed by atoms with Gasteiger partial charge in [0, 0.05) is 16.5 Å². The second kappa shape index (κ2) is 5.69. The summed E-state index contributed by atoms with van der Waals surface area (Å²) in [4.78, 5) is 10.7. The molecule has 0 aliphatic carbocycles. The van der Waals surface area contributed by atoms with Crippen LogP contribution in [0.5, 0.6) is 0 Å². The first-order valence-corrected chi connectivity index (χ1v) is 6.03. The van der Waals surface area contributed by atoms with Gasteiger partial charge in [0.25, 0.3) is 0 Å². The zero-order valence-corrected chi connectivity index (χ0v) is 11.2. The number of aliphatic carboxylic acids is 1. The Morgan fingerprint density at radius 1 is 1.44 bits per heavy atom. The van der Waals surface area contributed by atoms with Crippen LogP contribution >= 0.6 is 11.6 Å². The number of carbonyl (C=O) groups is 1. The third kappa shape index (κ3) is 3.70. The van der Waals surface area contributed by atoms with Crippen molar-refractivity contribution < 1.29 is 15.0 Å². The molecule has 1 unspecified atom stereocenters. The van der Waals surface area contributed by atoms with Gasteiger partial charge in [-0.1, -0.05) is 31.5 Å². The Hall–Kier alpha value is -1.10. The number of nitrogens with two attached hydrogens (primary N) is 1. The molecule has 0 aromatic heterocycles. The third-order valence-corrected chi connectivity index (χ3v) is 3.14. The highest BCUT2D eigenvalue weighted by molar-refractivity contribution is 6.30. The summed E-state index contributed by atoms with van der Waals surface area (Å²) in [7, 11) is 0. The predicted molar refractivity (Wildman–Crippen MR) is 70.7 cm³/mol. The van der Waals surface area contributed by atoms with Crippen LogP contribution in [0.3, 0.4) is 0 Å². The van der Waals surface area contributed by atoms with Crippen LogP contribution in [-0.4, -0.2) is 22.8 Å². The maximum Gasteiger partial charge on any atom is 0.305 e. The summed E-state index contributed by atoms with van der Waals surface area (Å²) < 4.78 is 0. The molecule has 1 aromatic carbocycles. The minimum atomic E-state index is -0.953. The topological polar surface area (TPSA) is 83.5 Å². The van der Waals surface area contributed by atoms with E-state index in [9.17, 15) is 9.90 Å². The van der Waals surface area contributed by atoms with Crippen molar-refractivity contribution in [3.05, 3.63) is 34.3 Å². The van der Waals surface area contributed by atoms with Gasteiger partial charge in [0.2, 0.25) is 0 Å². The lowest BCUT2D eigenvalue weighted by Crippen LogP contribution is -2.23. The smallest absolute Gasteiger partial charge is 0.305 e. The number of halogens is 1. The van der Waals surface area contributed by atoms with Crippen molar-refractivity contribution in [2.24, 2.45) is 5.73 Å². The van der Waals surface area contributed by atoms with E-state index in [0.29, 0.717) is 10.6 Å². The molecule has 0 heterocycles. The van der Waals surface area contributed by atoms with Crippen molar-refractivity contribution in [3.8, 4) is 0 Å². The molecule has 5 heteroatoms. The summed E-state index contributed by atoms with van der Waals surface area (Å²) in [5, 5.41) is 18.6. The lowest BCUT2D eigenvalue weighted by molar-refractivity contribution is -0.137. The zero-order valence-electron chi connectivity index (χ0n) is 10.5. The monoisotopic (exact) mass is 271 g/mol. The van der Waals surface area contributed by atoms with Crippen LogP contribution in [0.25, 0.3) is 0 Å². The molecular formula is C13H18ClNO3. The van der Waals surface area contributed by atoms with Gasteiger partial charge in [0.15, 0.2) is 0 Å². The number of rotatable bonds is 5. The second-order valence-electron chi connectivity index (χ2n) is 5.02. The molecule has 0 fully saturated rings. The molecule has 1 rings (SSSR count). The Balaban J connectivity index is 3.12. The summed E-state index contributed by atoms with van der Waals surface area (Å²) in [6.45, 7) is 3.73. The van der Waals surface area contributed by atoms with Crippen molar-refractivity contribution in [1.82, 2.24) is 0 Å². The number of benzene rings is 1. The van der Waals surface area contributed by atoms with Crippen LogP contribution in [0.4, 0.5) is 0 Å². The molecule has 1 aromatic rings. The molecule has 4 N–H and O–H groups in total. The maximum atomic E-state index is 10.7. The van der Waals surface area contributed by atoms with E-state index < -0.39 is 17.4 Å². The summed E-state index contributed by atoms with van der Waals surface area (Å²) in [6, 6.07) is 4.62. The highest BCUT2D eigenvalue weighted by Gasteiger charge is 2.22. The van der Waals surface area contributed by atoms with Crippen LogP contribution in [0.1, 0.15) is 37.4 Å². The average Bonchev–Trinajstić information content (AvgIpc) is 2.27. The Labute approximate surface area is 111 Å². The molecule has 0 saturated carbocycles. The van der Waals surface area contributed by atoms with E-state index in [0.717, 1.165) is 5.56 Å². The first-order chi connectivity index (χ1) is 8.26. The first kappa shape index (κ1) is 15.0. The Morgan fingerprint density at radius 2 is 2.06 bits per heavy atom. The van der Waals surface area contributed by atoms with Gasteiger partial charge in [-0.05, 0) is 23.3 Å². The van der Waals surface area contributed by atoms with Crippen molar-refractivity contribution >= 4 is 17.6 Å². The molecule has 0 saturated heterocycles. The number of hydrogen-bond donors (Lipinski definition) is 3. The lowest BCUT2D eigenvalue weighted by atomic mass is 9.84. The van der Waals surface area contributed by atoms with Gasteiger partial charge < -0.3 is 15.9 Å². The second-order valence-corrected chi connectivity index (χ2v) is 5.46. The number of hydrogen-bond acceptors (Lipinski definition) is 3. The number of carboxylic acids is 1. The van der Waals surface area contributed by atoms with Gasteiger partial charge in [-0.15, -0.1) is 0 Å². The number of carboxylic acid groups (broad SMARTS) is 1. The molecule has 0 bridgehead atoms. The van der Waals surface area contributed by atoms with Gasteiger partial charge in [-0.2, -0.15) is 0 Å². The van der Waals surface area contributed by atoms with E-state index in [2.05, 4.69) is 0 Å². The van der Waals surface area contributed by atoms with Gasteiger partial charge in [0.1, 0.15) is 0 Å². The van der Waals surface area contributed by atoms with Crippen LogP contribution in [0, 0.1) is 0 Å². The molecular weight excluding hydrogens is 254 g/mol. The van der Waals surface area contributed by atoms with Crippen LogP contribution < -0.4 is 5.73 Å². The lowest BCUT2D eigenvalue weighted by Gasteiger charge is -2.24. The fourth-order valence-electron chi connectivity index (χ4n) is 1.61. The van der Waals surface area contributed by atoms with Crippen LogP contribution in [0.2, 0.25) is 5.02 Å². The maximum absolute atomic E-state index is 10.7. The zero-order chi connectivity index (χ0) is 13.9. The first-order valence-electron chi connectivity index (χ1n) is 5.65. The molecule has 0 aliphatic heterocycles. The molecule has 0 amide bonds. The van der Waals surface area contributed by atoms with E-state index in [1.54, 1.807) is 18.2 Å². The predicted octanol–water partition coefficient (Wildman–Crippen LogP) is 2.08. The number of aliphatic hydroxyl groups is 1. The Morgan fingerprint density at radius 3 is 2.56 bits per heavy atom. The molecule has 4 nitrogen and oxygen atoms in total. The Kier molecular flexibility index (Phi) is 4.73. The largest absolute Gasteiger partial charge is 0.481 e. The normalized spacial score (nSPS) is 13.4. The van der Waals surface area contributed by atoms with Crippen molar-refractivity contribution in [1.29, 1.82) is 0 Å². The molecule has 0 spiro atoms. The summed E-state index contributed by atoms with van der Waals surface area (Å²) in [5.74, 6) is -0.953. The van der Waals surface area contributed by atoms with E-state index in [-0.39, 0.29) is 13.0 Å². The van der Waals surface area contributed by atoms with Gasteiger partial charge >= 0.3 is 5.97 Å². The molecule has 0 radical (unpaired) electrons. The van der Waals surface area contributed by atoms with Crippen molar-refractivity contribution in [2.75, 3.05) is 6.61 Å². The fourth-order valence-corrected chi connectivity index (χ4v) is 1.86. The van der Waals surface area contributed by atoms with Crippen LogP contribution in [-0.2, 0) is 10.2 Å². The SMILES string of the molecule is CC(C)(CO)c1cc(Cl)cc(C(N)CC(=O)O)c1. The average molecular weight is 272 g/mol. The summed E-state index contributed by atoms with van der Waals surface area (Å²) in [6.07, 6.45) is -0.153. The van der Waals surface area contributed by atoms with E-state index >= 15 is 0 Å². The molecule has 0 aliphatic rings. The highest BCUT2D eigenvalue weighted by Crippen LogP contribution is 2.29. The van der Waals surface area contributed by atoms with Gasteiger partial charge in [0.05, 0.1) is 13.0 Å². The molecule has 18 heavy (non-hydrogen) atoms. The van der Waals surface area contributed by atoms with E-state index in [4.69, 9.17) is 22.4 Å². The molecule has 100 valence electrons. The quantitative estimate of drug-likeness (QED) is 0.766.